The lowest BCUT2D eigenvalue weighted by Gasteiger charge is -2.42. The molecule has 15 rings (SSSR count). The van der Waals surface area contributed by atoms with Gasteiger partial charge in [0.15, 0.2) is 0 Å². The van der Waals surface area contributed by atoms with Crippen molar-refractivity contribution in [3.8, 4) is 11.1 Å². The lowest BCUT2D eigenvalue weighted by molar-refractivity contribution is 1.35. The average molecular weight is 772 g/mol. The number of hydrogen-bond acceptors (Lipinski definition) is 2. The maximum atomic E-state index is 2.71. The van der Waals surface area contributed by atoms with Crippen LogP contribution in [0.25, 0.3) is 85.8 Å². The zero-order valence-corrected chi connectivity index (χ0v) is 33.2. The van der Waals surface area contributed by atoms with Gasteiger partial charge in [-0.25, -0.2) is 0 Å². The highest BCUT2D eigenvalue weighted by molar-refractivity contribution is 7.26. The van der Waals surface area contributed by atoms with Crippen molar-refractivity contribution >= 4 is 149 Å². The second-order valence-corrected chi connectivity index (χ2v) is 18.0. The van der Waals surface area contributed by atoms with Crippen molar-refractivity contribution in [3.05, 3.63) is 188 Å². The number of thiophene rings is 1. The second-order valence-electron chi connectivity index (χ2n) is 17.0. The molecule has 3 aliphatic heterocycles. The van der Waals surface area contributed by atoms with Gasteiger partial charge in [-0.3, -0.25) is 0 Å². The van der Waals surface area contributed by atoms with Crippen LogP contribution in [-0.4, -0.2) is 13.4 Å². The number of hydrogen-bond donors (Lipinski definition) is 0. The molecular formula is C56H31B2NS. The van der Waals surface area contributed by atoms with Crippen LogP contribution >= 0.6 is 11.3 Å². The first-order valence-corrected chi connectivity index (χ1v) is 21.9. The fourth-order valence-corrected chi connectivity index (χ4v) is 13.4. The molecule has 1 aromatic heterocycles. The molecular weight excluding hydrogens is 740 g/mol. The van der Waals surface area contributed by atoms with Gasteiger partial charge in [0.25, 0.3) is 0 Å². The van der Waals surface area contributed by atoms with E-state index in [-0.39, 0.29) is 13.4 Å². The maximum absolute atomic E-state index is 2.71. The highest BCUT2D eigenvalue weighted by Gasteiger charge is 2.49. The lowest BCUT2D eigenvalue weighted by Crippen LogP contribution is -2.63. The van der Waals surface area contributed by atoms with Crippen LogP contribution in [0.3, 0.4) is 0 Å². The van der Waals surface area contributed by atoms with E-state index in [0.717, 1.165) is 0 Å². The molecule has 0 saturated carbocycles. The molecule has 0 amide bonds. The lowest BCUT2D eigenvalue weighted by atomic mass is 9.31. The molecule has 272 valence electrons. The van der Waals surface area contributed by atoms with E-state index in [1.807, 2.05) is 11.3 Å². The largest absolute Gasteiger partial charge is 0.304 e. The van der Waals surface area contributed by atoms with Crippen LogP contribution in [0.1, 0.15) is 0 Å². The molecule has 0 spiro atoms. The van der Waals surface area contributed by atoms with Gasteiger partial charge < -0.3 is 4.90 Å². The van der Waals surface area contributed by atoms with Crippen LogP contribution in [-0.2, 0) is 0 Å². The van der Waals surface area contributed by atoms with Gasteiger partial charge in [-0.2, -0.15) is 0 Å². The molecule has 11 aromatic carbocycles. The van der Waals surface area contributed by atoms with Gasteiger partial charge in [0.05, 0.1) is 5.00 Å². The first-order valence-electron chi connectivity index (χ1n) is 21.1. The minimum absolute atomic E-state index is 0.0476. The van der Waals surface area contributed by atoms with Gasteiger partial charge in [-0.15, -0.1) is 11.3 Å². The molecule has 12 aromatic rings. The van der Waals surface area contributed by atoms with E-state index in [1.54, 1.807) is 0 Å². The molecule has 0 radical (unpaired) electrons. The van der Waals surface area contributed by atoms with Gasteiger partial charge in [0.2, 0.25) is 13.4 Å². The fraction of sp³-hybridized carbons (Fsp3) is 0. The molecule has 3 aliphatic rings. The minimum atomic E-state index is 0.0476. The average Bonchev–Trinajstić information content (AvgIpc) is 3.88. The van der Waals surface area contributed by atoms with Crippen LogP contribution in [0.2, 0.25) is 0 Å². The summed E-state index contributed by atoms with van der Waals surface area (Å²) in [4.78, 5) is 2.71. The molecule has 0 N–H and O–H groups in total. The highest BCUT2D eigenvalue weighted by Crippen LogP contribution is 2.51. The first-order chi connectivity index (χ1) is 29.8. The number of para-hydroxylation sites is 1. The maximum Gasteiger partial charge on any atom is 0.249 e. The molecule has 4 heteroatoms. The molecule has 0 atom stereocenters. The number of nitrogens with zero attached hydrogens (tertiary/aromatic N) is 1. The van der Waals surface area contributed by atoms with E-state index < -0.39 is 0 Å². The Balaban J connectivity index is 1.19. The Labute approximate surface area is 350 Å². The van der Waals surface area contributed by atoms with E-state index in [1.165, 1.54) is 135 Å². The fourth-order valence-electron chi connectivity index (χ4n) is 12.1. The van der Waals surface area contributed by atoms with Crippen molar-refractivity contribution in [2.75, 3.05) is 4.90 Å². The zero-order valence-electron chi connectivity index (χ0n) is 32.4. The van der Waals surface area contributed by atoms with E-state index in [0.29, 0.717) is 0 Å². The summed E-state index contributed by atoms with van der Waals surface area (Å²) in [6.07, 6.45) is 0. The standard InChI is InChI=1S/C56H31B2NS/c1-2-15-32(16-3-1)57-45-26-14-27-46-55(45)59(56-53(57)42-25-12-13-28-48(42)60-56)47-31-44-38-22-7-5-18-34(38)35-19-8-10-23-39(35)49(44)51-43-30-29-41-37-21-6-4-17-33(37)36-20-9-11-24-40(36)50(41)52(43)58(46)54(47)51/h1-31H. The molecule has 0 unspecified atom stereocenters. The summed E-state index contributed by atoms with van der Waals surface area (Å²) in [5, 5.41) is 18.6. The van der Waals surface area contributed by atoms with E-state index in [2.05, 4.69) is 193 Å². The quantitative estimate of drug-likeness (QED) is 0.119. The van der Waals surface area contributed by atoms with Gasteiger partial charge in [0, 0.05) is 16.1 Å². The number of fused-ring (bicyclic) bond motifs is 23. The van der Waals surface area contributed by atoms with Crippen molar-refractivity contribution in [2.45, 2.75) is 0 Å². The molecule has 1 nitrogen and oxygen atoms in total. The van der Waals surface area contributed by atoms with Gasteiger partial charge in [0.1, 0.15) is 0 Å². The third-order valence-corrected chi connectivity index (χ3v) is 15.4. The zero-order chi connectivity index (χ0) is 38.8. The molecule has 0 bridgehead atoms. The van der Waals surface area contributed by atoms with Gasteiger partial charge in [-0.05, 0) is 115 Å². The normalized spacial score (nSPS) is 13.6. The van der Waals surface area contributed by atoms with Crippen molar-refractivity contribution in [1.82, 2.24) is 0 Å². The van der Waals surface area contributed by atoms with Crippen molar-refractivity contribution in [3.63, 3.8) is 0 Å². The SMILES string of the molecule is c1ccc(B2c3cccc4c3N(c3cc5c6ccccc6c6ccccc6c5c5c3B4c3c-5ccc4c5ccccc5c5ccccc5c34)c3sc4ccccc4c32)cc1. The summed E-state index contributed by atoms with van der Waals surface area (Å²) in [6, 6.07) is 71.5. The minimum Gasteiger partial charge on any atom is -0.304 e. The molecule has 0 saturated heterocycles. The Morgan fingerprint density at radius 3 is 1.55 bits per heavy atom. The van der Waals surface area contributed by atoms with Crippen molar-refractivity contribution < 1.29 is 0 Å². The third-order valence-electron chi connectivity index (χ3n) is 14.3. The van der Waals surface area contributed by atoms with Crippen molar-refractivity contribution in [1.29, 1.82) is 0 Å². The topological polar surface area (TPSA) is 3.24 Å². The predicted molar refractivity (Wildman–Crippen MR) is 263 cm³/mol. The molecule has 60 heavy (non-hydrogen) atoms. The molecule has 0 aliphatic carbocycles. The highest BCUT2D eigenvalue weighted by atomic mass is 32.1. The van der Waals surface area contributed by atoms with E-state index in [9.17, 15) is 0 Å². The van der Waals surface area contributed by atoms with E-state index >= 15 is 0 Å². The first kappa shape index (κ1) is 31.8. The summed E-state index contributed by atoms with van der Waals surface area (Å²) in [7, 11) is 0. The van der Waals surface area contributed by atoms with Crippen LogP contribution in [0.5, 0.6) is 0 Å². The van der Waals surface area contributed by atoms with Gasteiger partial charge >= 0.3 is 0 Å². The Morgan fingerprint density at radius 1 is 0.367 bits per heavy atom. The number of benzene rings is 11. The van der Waals surface area contributed by atoms with E-state index in [4.69, 9.17) is 0 Å². The summed E-state index contributed by atoms with van der Waals surface area (Å²) >= 11 is 1.96. The molecule has 4 heterocycles. The van der Waals surface area contributed by atoms with Crippen LogP contribution in [0.4, 0.5) is 16.4 Å². The Morgan fingerprint density at radius 2 is 0.883 bits per heavy atom. The van der Waals surface area contributed by atoms with Crippen LogP contribution < -0.4 is 37.7 Å². The summed E-state index contributed by atoms with van der Waals surface area (Å²) in [6.45, 7) is 0.152. The summed E-state index contributed by atoms with van der Waals surface area (Å²) in [5.41, 5.74) is 13.9. The van der Waals surface area contributed by atoms with Crippen LogP contribution in [0.15, 0.2) is 188 Å². The number of rotatable bonds is 1. The smallest absolute Gasteiger partial charge is 0.249 e. The van der Waals surface area contributed by atoms with Gasteiger partial charge in [-0.1, -0.05) is 187 Å². The monoisotopic (exact) mass is 771 g/mol. The third kappa shape index (κ3) is 3.78. The van der Waals surface area contributed by atoms with Crippen molar-refractivity contribution in [2.24, 2.45) is 0 Å². The Bertz CT molecular complexity index is 3890. The molecule has 0 fully saturated rings. The number of anilines is 3. The van der Waals surface area contributed by atoms with Crippen LogP contribution in [0, 0.1) is 0 Å². The predicted octanol–water partition coefficient (Wildman–Crippen LogP) is 10.9. The Kier molecular flexibility index (Phi) is 6.00. The summed E-state index contributed by atoms with van der Waals surface area (Å²) < 4.78 is 1.33. The second kappa shape index (κ2) is 11.3. The summed E-state index contributed by atoms with van der Waals surface area (Å²) in [5.74, 6) is 0. The Hall–Kier alpha value is -7.13.